The van der Waals surface area contributed by atoms with Crippen molar-refractivity contribution in [1.82, 2.24) is 20.3 Å². The second-order valence-corrected chi connectivity index (χ2v) is 8.86. The first-order valence-electron chi connectivity index (χ1n) is 11.4. The molecule has 2 aliphatic heterocycles. The number of aromatic nitrogens is 3. The maximum Gasteiger partial charge on any atom is 0.227 e. The summed E-state index contributed by atoms with van der Waals surface area (Å²) in [5, 5.41) is 14.9. The minimum absolute atomic E-state index is 0.252. The Labute approximate surface area is 198 Å². The summed E-state index contributed by atoms with van der Waals surface area (Å²) in [6.45, 7) is 3.56. The second kappa shape index (κ2) is 9.26. The van der Waals surface area contributed by atoms with Gasteiger partial charge in [-0.25, -0.2) is 15.0 Å². The Morgan fingerprint density at radius 1 is 1.26 bits per heavy atom. The van der Waals surface area contributed by atoms with E-state index in [0.29, 0.717) is 11.7 Å². The number of ether oxygens (including phenoxy) is 2. The molecule has 4 heterocycles. The summed E-state index contributed by atoms with van der Waals surface area (Å²) in [7, 11) is 3.43. The van der Waals surface area contributed by atoms with Gasteiger partial charge >= 0.3 is 0 Å². The molecule has 9 heteroatoms. The lowest BCUT2D eigenvalue weighted by Crippen LogP contribution is -2.54. The van der Waals surface area contributed by atoms with Crippen LogP contribution in [0.5, 0.6) is 5.75 Å². The predicted molar refractivity (Wildman–Crippen MR) is 134 cm³/mol. The molecule has 2 aromatic heterocycles. The van der Waals surface area contributed by atoms with Gasteiger partial charge in [0.2, 0.25) is 5.95 Å². The molecule has 176 valence electrons. The van der Waals surface area contributed by atoms with Crippen LogP contribution in [0.4, 0.5) is 17.5 Å². The number of rotatable bonds is 7. The van der Waals surface area contributed by atoms with Gasteiger partial charge in [-0.2, -0.15) is 0 Å². The van der Waals surface area contributed by atoms with Crippen LogP contribution in [0.2, 0.25) is 0 Å². The molecule has 0 radical (unpaired) electrons. The van der Waals surface area contributed by atoms with Crippen LogP contribution in [0.15, 0.2) is 42.9 Å². The lowest BCUT2D eigenvalue weighted by molar-refractivity contribution is -0.117. The molecular formula is C25H29N7O2. The number of allylic oxidation sites excluding steroid dienone is 1. The van der Waals surface area contributed by atoms with Crippen LogP contribution < -0.4 is 20.3 Å². The van der Waals surface area contributed by atoms with Crippen LogP contribution >= 0.6 is 0 Å². The first-order chi connectivity index (χ1) is 16.6. The van der Waals surface area contributed by atoms with Gasteiger partial charge in [0.05, 0.1) is 26.0 Å². The molecule has 0 saturated carbocycles. The number of hydrogen-bond donors (Lipinski definition) is 3. The molecule has 3 N–H and O–H groups in total. The molecule has 1 spiro atoms. The van der Waals surface area contributed by atoms with Crippen molar-refractivity contribution in [3.05, 3.63) is 48.4 Å². The van der Waals surface area contributed by atoms with Gasteiger partial charge in [-0.1, -0.05) is 6.07 Å². The third-order valence-corrected chi connectivity index (χ3v) is 6.49. The topological polar surface area (TPSA) is 108 Å². The summed E-state index contributed by atoms with van der Waals surface area (Å²) < 4.78 is 11.1. The van der Waals surface area contributed by atoms with Gasteiger partial charge in [-0.3, -0.25) is 0 Å². The quantitative estimate of drug-likeness (QED) is 0.460. The van der Waals surface area contributed by atoms with Crippen LogP contribution in [0.25, 0.3) is 16.5 Å². The Bertz CT molecular complexity index is 1240. The fourth-order valence-electron chi connectivity index (χ4n) is 4.71. The fraction of sp³-hybridized carbons (Fsp3) is 0.360. The van der Waals surface area contributed by atoms with E-state index < -0.39 is 0 Å². The molecule has 0 amide bonds. The molecule has 0 aliphatic carbocycles. The maximum atomic E-state index is 7.66. The number of hydrogen-bond acceptors (Lipinski definition) is 9. The van der Waals surface area contributed by atoms with Crippen molar-refractivity contribution < 1.29 is 9.47 Å². The summed E-state index contributed by atoms with van der Waals surface area (Å²) in [6, 6.07) is 7.67. The van der Waals surface area contributed by atoms with Crippen molar-refractivity contribution in [3.63, 3.8) is 0 Å². The van der Waals surface area contributed by atoms with E-state index in [1.165, 1.54) is 12.6 Å². The van der Waals surface area contributed by atoms with E-state index in [2.05, 4.69) is 20.5 Å². The van der Waals surface area contributed by atoms with Crippen molar-refractivity contribution in [2.24, 2.45) is 5.41 Å². The number of nitrogens with one attached hydrogen (secondary N) is 3. The molecule has 9 nitrogen and oxygen atoms in total. The largest absolute Gasteiger partial charge is 0.495 e. The highest BCUT2D eigenvalue weighted by molar-refractivity contribution is 6.08. The zero-order valence-corrected chi connectivity index (χ0v) is 19.5. The smallest absolute Gasteiger partial charge is 0.227 e. The minimum atomic E-state index is 0.252. The summed E-state index contributed by atoms with van der Waals surface area (Å²) in [5.41, 5.74) is 3.45. The van der Waals surface area contributed by atoms with Crippen LogP contribution in [-0.4, -0.2) is 61.6 Å². The summed E-state index contributed by atoms with van der Waals surface area (Å²) in [4.78, 5) is 16.4. The van der Waals surface area contributed by atoms with Crippen LogP contribution in [0, 0.1) is 10.8 Å². The molecule has 34 heavy (non-hydrogen) atoms. The normalized spacial score (nSPS) is 17.4. The van der Waals surface area contributed by atoms with Gasteiger partial charge in [-0.05, 0) is 36.6 Å². The molecule has 2 fully saturated rings. The maximum absolute atomic E-state index is 7.66. The van der Waals surface area contributed by atoms with E-state index in [0.717, 1.165) is 66.3 Å². The highest BCUT2D eigenvalue weighted by Gasteiger charge is 2.42. The average Bonchev–Trinajstić information content (AvgIpc) is 2.86. The SMILES string of the molecule is CN/C=C(\C=N)c1ccc(Nc2ncc3ccnc(N4CCCC5(COC5)C4)c3n2)c(OC)c1. The molecule has 0 bridgehead atoms. The number of anilines is 3. The molecule has 0 unspecified atom stereocenters. The van der Waals surface area contributed by atoms with E-state index in [1.807, 2.05) is 36.7 Å². The third kappa shape index (κ3) is 4.14. The van der Waals surface area contributed by atoms with Crippen LogP contribution in [0.1, 0.15) is 18.4 Å². The van der Waals surface area contributed by atoms with Crippen LogP contribution in [0.3, 0.4) is 0 Å². The second-order valence-electron chi connectivity index (χ2n) is 8.86. The van der Waals surface area contributed by atoms with Crippen molar-refractivity contribution in [3.8, 4) is 5.75 Å². The lowest BCUT2D eigenvalue weighted by atomic mass is 9.78. The number of pyridine rings is 1. The number of nitrogens with zero attached hydrogens (tertiary/aromatic N) is 4. The van der Waals surface area contributed by atoms with Crippen molar-refractivity contribution in [1.29, 1.82) is 5.41 Å². The van der Waals surface area contributed by atoms with E-state index in [-0.39, 0.29) is 5.41 Å². The van der Waals surface area contributed by atoms with Gasteiger partial charge in [0.15, 0.2) is 5.82 Å². The first-order valence-corrected chi connectivity index (χ1v) is 11.4. The molecular weight excluding hydrogens is 430 g/mol. The highest BCUT2D eigenvalue weighted by atomic mass is 16.5. The summed E-state index contributed by atoms with van der Waals surface area (Å²) in [5.74, 6) is 2.01. The number of piperidine rings is 1. The summed E-state index contributed by atoms with van der Waals surface area (Å²) >= 11 is 0. The number of fused-ring (bicyclic) bond motifs is 1. The zero-order valence-electron chi connectivity index (χ0n) is 19.5. The van der Waals surface area contributed by atoms with Gasteiger partial charge in [-0.15, -0.1) is 0 Å². The number of methoxy groups -OCH3 is 1. The molecule has 0 atom stereocenters. The average molecular weight is 460 g/mol. The Balaban J connectivity index is 1.45. The number of benzene rings is 1. The fourth-order valence-corrected chi connectivity index (χ4v) is 4.71. The van der Waals surface area contributed by atoms with Gasteiger partial charge in [0, 0.05) is 61.3 Å². The lowest BCUT2D eigenvalue weighted by Gasteiger charge is -2.48. The van der Waals surface area contributed by atoms with Crippen molar-refractivity contribution >= 4 is 40.1 Å². The highest BCUT2D eigenvalue weighted by Crippen LogP contribution is 2.39. The summed E-state index contributed by atoms with van der Waals surface area (Å²) in [6.07, 6.45) is 9.06. The van der Waals surface area contributed by atoms with Crippen molar-refractivity contribution in [2.75, 3.05) is 50.7 Å². The molecule has 1 aromatic carbocycles. The van der Waals surface area contributed by atoms with Gasteiger partial charge in [0.1, 0.15) is 11.3 Å². The Hall–Kier alpha value is -3.72. The minimum Gasteiger partial charge on any atom is -0.495 e. The van der Waals surface area contributed by atoms with E-state index in [9.17, 15) is 0 Å². The molecule has 3 aromatic rings. The molecule has 2 saturated heterocycles. The Morgan fingerprint density at radius 2 is 2.15 bits per heavy atom. The third-order valence-electron chi connectivity index (χ3n) is 6.49. The first kappa shape index (κ1) is 22.1. The Morgan fingerprint density at radius 3 is 2.88 bits per heavy atom. The molecule has 2 aliphatic rings. The predicted octanol–water partition coefficient (Wildman–Crippen LogP) is 3.60. The van der Waals surface area contributed by atoms with Gasteiger partial charge < -0.3 is 30.4 Å². The van der Waals surface area contributed by atoms with E-state index in [1.54, 1.807) is 20.4 Å². The van der Waals surface area contributed by atoms with E-state index in [4.69, 9.17) is 24.9 Å². The molecule has 5 rings (SSSR count). The zero-order chi connectivity index (χ0) is 23.5. The standard InChI is InChI=1S/C25H29N7O2/c1-27-12-19(11-26)17-4-5-20(21(10-17)33-2)30-24-29-13-18-6-8-28-23(22(18)31-24)32-9-3-7-25(14-32)15-34-16-25/h4-6,8,10-13,26-27H,3,7,9,14-16H2,1-2H3,(H,29,30,31)/b19-12+,26-11?. The van der Waals surface area contributed by atoms with Crippen LogP contribution in [-0.2, 0) is 4.74 Å². The van der Waals surface area contributed by atoms with E-state index >= 15 is 0 Å². The monoisotopic (exact) mass is 459 g/mol. The van der Waals surface area contributed by atoms with Gasteiger partial charge in [0.25, 0.3) is 0 Å². The van der Waals surface area contributed by atoms with Crippen molar-refractivity contribution in [2.45, 2.75) is 12.8 Å². The Kier molecular flexibility index (Phi) is 6.02.